The molecule has 0 aromatic heterocycles. The normalized spacial score (nSPS) is 14.4. The van der Waals surface area contributed by atoms with Gasteiger partial charge in [-0.1, -0.05) is 75.4 Å². The van der Waals surface area contributed by atoms with Gasteiger partial charge in [0, 0.05) is 0 Å². The number of aliphatic hydroxyl groups is 1. The summed E-state index contributed by atoms with van der Waals surface area (Å²) in [5, 5.41) is 11.0. The second kappa shape index (κ2) is 5.58. The standard InChI is InChI=1S/C18H22O/c1-4-18(19,16-8-6-5-7-9-16)17-12-10-15(11-13-17)14(2)3/h5-14,19H,4H2,1-3H3. The fourth-order valence-electron chi connectivity index (χ4n) is 2.43. The van der Waals surface area contributed by atoms with Crippen LogP contribution < -0.4 is 0 Å². The molecule has 0 heterocycles. The van der Waals surface area contributed by atoms with Crippen molar-refractivity contribution in [3.63, 3.8) is 0 Å². The van der Waals surface area contributed by atoms with Crippen LogP contribution in [-0.2, 0) is 5.60 Å². The van der Waals surface area contributed by atoms with E-state index < -0.39 is 5.60 Å². The molecule has 0 amide bonds. The molecule has 100 valence electrons. The van der Waals surface area contributed by atoms with E-state index in [9.17, 15) is 5.11 Å². The van der Waals surface area contributed by atoms with Crippen LogP contribution in [0.2, 0.25) is 0 Å². The van der Waals surface area contributed by atoms with Gasteiger partial charge in [-0.3, -0.25) is 0 Å². The quantitative estimate of drug-likeness (QED) is 0.854. The zero-order valence-electron chi connectivity index (χ0n) is 11.9. The minimum Gasteiger partial charge on any atom is -0.380 e. The van der Waals surface area contributed by atoms with E-state index in [1.54, 1.807) is 0 Å². The number of benzene rings is 2. The van der Waals surface area contributed by atoms with Crippen molar-refractivity contribution in [1.29, 1.82) is 0 Å². The van der Waals surface area contributed by atoms with E-state index in [1.165, 1.54) is 5.56 Å². The molecule has 1 heteroatoms. The van der Waals surface area contributed by atoms with Gasteiger partial charge in [0.2, 0.25) is 0 Å². The van der Waals surface area contributed by atoms with Gasteiger partial charge in [-0.05, 0) is 29.0 Å². The van der Waals surface area contributed by atoms with Crippen molar-refractivity contribution in [3.8, 4) is 0 Å². The Bertz CT molecular complexity index is 513. The molecular weight excluding hydrogens is 232 g/mol. The Labute approximate surface area is 115 Å². The molecule has 1 N–H and O–H groups in total. The van der Waals surface area contributed by atoms with E-state index in [1.807, 2.05) is 49.4 Å². The lowest BCUT2D eigenvalue weighted by molar-refractivity contribution is 0.0765. The zero-order chi connectivity index (χ0) is 13.9. The van der Waals surface area contributed by atoms with Crippen molar-refractivity contribution in [2.75, 3.05) is 0 Å². The van der Waals surface area contributed by atoms with E-state index in [2.05, 4.69) is 26.0 Å². The van der Waals surface area contributed by atoms with Crippen molar-refractivity contribution < 1.29 is 5.11 Å². The molecule has 2 aromatic carbocycles. The van der Waals surface area contributed by atoms with Gasteiger partial charge in [0.1, 0.15) is 5.60 Å². The third-order valence-electron chi connectivity index (χ3n) is 3.82. The van der Waals surface area contributed by atoms with Crippen molar-refractivity contribution >= 4 is 0 Å². The van der Waals surface area contributed by atoms with Crippen LogP contribution in [0.5, 0.6) is 0 Å². The number of rotatable bonds is 4. The first-order chi connectivity index (χ1) is 9.08. The maximum absolute atomic E-state index is 11.0. The van der Waals surface area contributed by atoms with Gasteiger partial charge < -0.3 is 5.11 Å². The molecule has 0 fully saturated rings. The summed E-state index contributed by atoms with van der Waals surface area (Å²) in [6.07, 6.45) is 0.665. The molecule has 0 aliphatic carbocycles. The first kappa shape index (κ1) is 13.8. The van der Waals surface area contributed by atoms with Gasteiger partial charge in [-0.15, -0.1) is 0 Å². The van der Waals surface area contributed by atoms with E-state index in [4.69, 9.17) is 0 Å². The molecule has 19 heavy (non-hydrogen) atoms. The van der Waals surface area contributed by atoms with E-state index in [0.717, 1.165) is 11.1 Å². The predicted octanol–water partition coefficient (Wildman–Crippen LogP) is 4.46. The van der Waals surface area contributed by atoms with Crippen molar-refractivity contribution in [1.82, 2.24) is 0 Å². The van der Waals surface area contributed by atoms with Crippen LogP contribution >= 0.6 is 0 Å². The molecular formula is C18H22O. The summed E-state index contributed by atoms with van der Waals surface area (Å²) in [7, 11) is 0. The minimum atomic E-state index is -0.892. The molecule has 0 saturated carbocycles. The van der Waals surface area contributed by atoms with Gasteiger partial charge in [-0.25, -0.2) is 0 Å². The highest BCUT2D eigenvalue weighted by Gasteiger charge is 2.29. The average molecular weight is 254 g/mol. The Balaban J connectivity index is 2.41. The molecule has 0 aliphatic rings. The largest absolute Gasteiger partial charge is 0.380 e. The fourth-order valence-corrected chi connectivity index (χ4v) is 2.43. The van der Waals surface area contributed by atoms with E-state index in [-0.39, 0.29) is 0 Å². The van der Waals surface area contributed by atoms with Crippen LogP contribution in [0, 0.1) is 0 Å². The molecule has 0 spiro atoms. The second-order valence-corrected chi connectivity index (χ2v) is 5.36. The maximum Gasteiger partial charge on any atom is 0.114 e. The highest BCUT2D eigenvalue weighted by molar-refractivity contribution is 5.37. The minimum absolute atomic E-state index is 0.514. The lowest BCUT2D eigenvalue weighted by atomic mass is 9.83. The van der Waals surface area contributed by atoms with Crippen LogP contribution in [0.3, 0.4) is 0 Å². The van der Waals surface area contributed by atoms with Crippen LogP contribution in [0.4, 0.5) is 0 Å². The Kier molecular flexibility index (Phi) is 4.06. The van der Waals surface area contributed by atoms with E-state index in [0.29, 0.717) is 12.3 Å². The van der Waals surface area contributed by atoms with Crippen LogP contribution in [0.25, 0.3) is 0 Å². The molecule has 2 aromatic rings. The topological polar surface area (TPSA) is 20.2 Å². The number of hydrogen-bond acceptors (Lipinski definition) is 1. The molecule has 0 saturated heterocycles. The average Bonchev–Trinajstić information content (AvgIpc) is 2.47. The summed E-state index contributed by atoms with van der Waals surface area (Å²) in [5.41, 5.74) is 2.33. The number of hydrogen-bond donors (Lipinski definition) is 1. The molecule has 0 bridgehead atoms. The smallest absolute Gasteiger partial charge is 0.114 e. The fraction of sp³-hybridized carbons (Fsp3) is 0.333. The van der Waals surface area contributed by atoms with Gasteiger partial charge in [0.25, 0.3) is 0 Å². The predicted molar refractivity (Wildman–Crippen MR) is 80.3 cm³/mol. The van der Waals surface area contributed by atoms with Gasteiger partial charge in [0.15, 0.2) is 0 Å². The molecule has 0 radical (unpaired) electrons. The molecule has 1 unspecified atom stereocenters. The summed E-state index contributed by atoms with van der Waals surface area (Å²) >= 11 is 0. The molecule has 1 atom stereocenters. The van der Waals surface area contributed by atoms with Crippen LogP contribution in [-0.4, -0.2) is 5.11 Å². The lowest BCUT2D eigenvalue weighted by Gasteiger charge is -2.28. The Morgan fingerprint density at radius 1 is 0.895 bits per heavy atom. The maximum atomic E-state index is 11.0. The monoisotopic (exact) mass is 254 g/mol. The second-order valence-electron chi connectivity index (χ2n) is 5.36. The van der Waals surface area contributed by atoms with Gasteiger partial charge >= 0.3 is 0 Å². The Morgan fingerprint density at radius 2 is 1.42 bits per heavy atom. The SMILES string of the molecule is CCC(O)(c1ccccc1)c1ccc(C(C)C)cc1. The van der Waals surface area contributed by atoms with Gasteiger partial charge in [-0.2, -0.15) is 0 Å². The highest BCUT2D eigenvalue weighted by Crippen LogP contribution is 2.33. The summed E-state index contributed by atoms with van der Waals surface area (Å²) in [4.78, 5) is 0. The summed E-state index contributed by atoms with van der Waals surface area (Å²) < 4.78 is 0. The van der Waals surface area contributed by atoms with Gasteiger partial charge in [0.05, 0.1) is 0 Å². The Hall–Kier alpha value is -1.60. The summed E-state index contributed by atoms with van der Waals surface area (Å²) in [6, 6.07) is 18.2. The van der Waals surface area contributed by atoms with E-state index >= 15 is 0 Å². The molecule has 1 nitrogen and oxygen atoms in total. The first-order valence-electron chi connectivity index (χ1n) is 6.96. The molecule has 0 aliphatic heterocycles. The van der Waals surface area contributed by atoms with Crippen LogP contribution in [0.15, 0.2) is 54.6 Å². The lowest BCUT2D eigenvalue weighted by Crippen LogP contribution is -2.26. The summed E-state index contributed by atoms with van der Waals surface area (Å²) in [5.74, 6) is 0.514. The third-order valence-corrected chi connectivity index (χ3v) is 3.82. The zero-order valence-corrected chi connectivity index (χ0v) is 11.9. The Morgan fingerprint density at radius 3 is 1.89 bits per heavy atom. The van der Waals surface area contributed by atoms with Crippen molar-refractivity contribution in [2.24, 2.45) is 0 Å². The van der Waals surface area contributed by atoms with Crippen molar-refractivity contribution in [2.45, 2.75) is 38.7 Å². The highest BCUT2D eigenvalue weighted by atomic mass is 16.3. The van der Waals surface area contributed by atoms with Crippen molar-refractivity contribution in [3.05, 3.63) is 71.3 Å². The molecule has 2 rings (SSSR count). The third kappa shape index (κ3) is 2.71. The summed E-state index contributed by atoms with van der Waals surface area (Å²) in [6.45, 7) is 6.37. The van der Waals surface area contributed by atoms with Crippen LogP contribution in [0.1, 0.15) is 49.8 Å². The first-order valence-corrected chi connectivity index (χ1v) is 6.96.